The second-order valence-corrected chi connectivity index (χ2v) is 8.49. The Bertz CT molecular complexity index is 869. The Morgan fingerprint density at radius 1 is 0.600 bits per heavy atom. The monoisotopic (exact) mass is 556 g/mol. The molecule has 0 saturated heterocycles. The van der Waals surface area contributed by atoms with Gasteiger partial charge in [0.2, 0.25) is 11.8 Å². The smallest absolute Gasteiger partial charge is 0.328 e. The molecule has 0 aromatic rings. The molecule has 222 valence electrons. The molecule has 0 aliphatic rings. The molecule has 0 heterocycles. The topological polar surface area (TPSA) is 114 Å². The first-order chi connectivity index (χ1) is 19.6. The van der Waals surface area contributed by atoms with Gasteiger partial charge in [-0.05, 0) is 44.9 Å². The van der Waals surface area contributed by atoms with Crippen molar-refractivity contribution in [3.8, 4) is 0 Å². The van der Waals surface area contributed by atoms with Crippen LogP contribution < -0.4 is 10.6 Å². The number of nitrogens with one attached hydrogen (secondary N) is 2. The van der Waals surface area contributed by atoms with Crippen molar-refractivity contribution >= 4 is 17.8 Å². The van der Waals surface area contributed by atoms with E-state index in [1.54, 1.807) is 0 Å². The lowest BCUT2D eigenvalue weighted by Crippen LogP contribution is -2.27. The van der Waals surface area contributed by atoms with Crippen molar-refractivity contribution in [3.05, 3.63) is 85.1 Å². The van der Waals surface area contributed by atoms with Gasteiger partial charge in [0.05, 0.1) is 26.4 Å². The van der Waals surface area contributed by atoms with Gasteiger partial charge in [0, 0.05) is 31.7 Å². The van der Waals surface area contributed by atoms with Crippen LogP contribution in [0.25, 0.3) is 0 Å². The molecule has 0 saturated carbocycles. The number of hydrogen-bond acceptors (Lipinski definition) is 5. The number of carbonyl (C=O) groups is 3. The predicted octanol–water partition coefficient (Wildman–Crippen LogP) is 5.37. The van der Waals surface area contributed by atoms with Crippen molar-refractivity contribution in [1.29, 1.82) is 0 Å². The number of carboxylic acids is 1. The molecule has 8 heteroatoms. The summed E-state index contributed by atoms with van der Waals surface area (Å²) in [5.41, 5.74) is 0. The number of aliphatic carboxylic acids is 1. The molecule has 0 atom stereocenters. The Morgan fingerprint density at radius 2 is 1.05 bits per heavy atom. The first kappa shape index (κ1) is 36.5. The summed E-state index contributed by atoms with van der Waals surface area (Å²) in [5.74, 6) is -1.67. The first-order valence-corrected chi connectivity index (χ1v) is 14.1. The van der Waals surface area contributed by atoms with Gasteiger partial charge in [-0.15, -0.1) is 0 Å². The molecule has 0 spiro atoms. The minimum atomic E-state index is -1.18. The molecule has 0 radical (unpaired) electrons. The van der Waals surface area contributed by atoms with Crippen LogP contribution in [0.2, 0.25) is 0 Å². The molecule has 0 aromatic carbocycles. The van der Waals surface area contributed by atoms with Crippen LogP contribution in [0.5, 0.6) is 0 Å². The summed E-state index contributed by atoms with van der Waals surface area (Å²) in [4.78, 5) is 33.4. The lowest BCUT2D eigenvalue weighted by Gasteiger charge is -2.07. The van der Waals surface area contributed by atoms with Gasteiger partial charge in [-0.25, -0.2) is 4.79 Å². The molecule has 8 nitrogen and oxygen atoms in total. The summed E-state index contributed by atoms with van der Waals surface area (Å²) >= 11 is 0. The van der Waals surface area contributed by atoms with E-state index >= 15 is 0 Å². The maximum atomic E-state index is 11.8. The second-order valence-electron chi connectivity index (χ2n) is 8.49. The molecule has 0 aliphatic heterocycles. The van der Waals surface area contributed by atoms with Crippen molar-refractivity contribution in [1.82, 2.24) is 10.6 Å². The number of allylic oxidation sites excluding steroid dienone is 12. The third kappa shape index (κ3) is 30.7. The summed E-state index contributed by atoms with van der Waals surface area (Å²) in [5, 5.41) is 13.7. The van der Waals surface area contributed by atoms with Gasteiger partial charge >= 0.3 is 5.97 Å². The summed E-state index contributed by atoms with van der Waals surface area (Å²) in [7, 11) is 0. The number of carboxylic acid groups (broad SMARTS) is 1. The van der Waals surface area contributed by atoms with Crippen LogP contribution in [0.4, 0.5) is 0 Å². The normalized spacial score (nSPS) is 12.4. The fraction of sp³-hybridized carbons (Fsp3) is 0.469. The van der Waals surface area contributed by atoms with Crippen molar-refractivity contribution in [2.75, 3.05) is 39.5 Å². The molecule has 0 aromatic heterocycles. The summed E-state index contributed by atoms with van der Waals surface area (Å²) in [6.45, 7) is 4.28. The minimum absolute atomic E-state index is 0.00734. The highest BCUT2D eigenvalue weighted by atomic mass is 16.5. The molecule has 0 aliphatic carbocycles. The van der Waals surface area contributed by atoms with Crippen molar-refractivity contribution < 1.29 is 29.0 Å². The Morgan fingerprint density at radius 3 is 1.52 bits per heavy atom. The molecular weight excluding hydrogens is 508 g/mol. The highest BCUT2D eigenvalue weighted by Gasteiger charge is 1.99. The zero-order valence-corrected chi connectivity index (χ0v) is 24.0. The van der Waals surface area contributed by atoms with E-state index in [0.717, 1.165) is 50.7 Å². The minimum Gasteiger partial charge on any atom is -0.478 e. The maximum absolute atomic E-state index is 11.8. The maximum Gasteiger partial charge on any atom is 0.328 e. The zero-order valence-electron chi connectivity index (χ0n) is 24.0. The SMILES string of the molecule is CCC=CCC=CCC=CCC=CCC=CCC=CCCC(=O)NCCOCCOCCNC(=O)C=CC(=O)O. The highest BCUT2D eigenvalue weighted by Crippen LogP contribution is 1.98. The average Bonchev–Trinajstić information content (AvgIpc) is 2.94. The quantitative estimate of drug-likeness (QED) is 0.0791. The van der Waals surface area contributed by atoms with Crippen LogP contribution in [0.15, 0.2) is 85.1 Å². The number of rotatable bonds is 25. The van der Waals surface area contributed by atoms with E-state index in [-0.39, 0.29) is 12.5 Å². The molecule has 0 bridgehead atoms. The van der Waals surface area contributed by atoms with Gasteiger partial charge in [0.25, 0.3) is 0 Å². The number of amides is 2. The molecule has 40 heavy (non-hydrogen) atoms. The van der Waals surface area contributed by atoms with Crippen LogP contribution >= 0.6 is 0 Å². The third-order valence-electron chi connectivity index (χ3n) is 5.00. The standard InChI is InChI=1S/C32H48N2O6/c1-2-3-4-5-6-7-8-9-10-11-12-13-14-15-16-17-18-19-20-21-30(35)33-24-26-39-28-29-40-27-25-34-31(36)22-23-32(37)38/h3-4,6-7,9-10,12-13,15-16,18-19,22-23H,2,5,8,11,14,17,20-21,24-29H2,1H3,(H,33,35)(H,34,36)(H,37,38). The van der Waals surface area contributed by atoms with E-state index < -0.39 is 11.9 Å². The summed E-state index contributed by atoms with van der Waals surface area (Å²) in [6.07, 6.45) is 34.6. The lowest BCUT2D eigenvalue weighted by molar-refractivity contribution is -0.131. The Kier molecular flexibility index (Phi) is 27.4. The highest BCUT2D eigenvalue weighted by molar-refractivity contribution is 5.93. The Balaban J connectivity index is 3.52. The Hall–Kier alpha value is -3.49. The van der Waals surface area contributed by atoms with Gasteiger partial charge in [-0.1, -0.05) is 79.8 Å². The van der Waals surface area contributed by atoms with E-state index in [1.165, 1.54) is 0 Å². The van der Waals surface area contributed by atoms with Crippen LogP contribution in [-0.2, 0) is 23.9 Å². The molecule has 0 unspecified atom stereocenters. The molecule has 2 amide bonds. The number of ether oxygens (including phenoxy) is 2. The van der Waals surface area contributed by atoms with Crippen LogP contribution in [0.3, 0.4) is 0 Å². The largest absolute Gasteiger partial charge is 0.478 e. The van der Waals surface area contributed by atoms with E-state index in [2.05, 4.69) is 84.4 Å². The molecule has 0 rings (SSSR count). The van der Waals surface area contributed by atoms with Gasteiger partial charge in [-0.2, -0.15) is 0 Å². The van der Waals surface area contributed by atoms with Gasteiger partial charge in [0.15, 0.2) is 0 Å². The number of carbonyl (C=O) groups excluding carboxylic acids is 2. The summed E-state index contributed by atoms with van der Waals surface area (Å²) in [6, 6.07) is 0. The first-order valence-electron chi connectivity index (χ1n) is 14.1. The van der Waals surface area contributed by atoms with Crippen molar-refractivity contribution in [2.45, 2.75) is 58.3 Å². The second kappa shape index (κ2) is 30.1. The van der Waals surface area contributed by atoms with Gasteiger partial charge in [-0.3, -0.25) is 9.59 Å². The fourth-order valence-corrected chi connectivity index (χ4v) is 2.98. The third-order valence-corrected chi connectivity index (χ3v) is 5.00. The number of hydrogen-bond donors (Lipinski definition) is 3. The fourth-order valence-electron chi connectivity index (χ4n) is 2.98. The lowest BCUT2D eigenvalue weighted by atomic mass is 10.2. The van der Waals surface area contributed by atoms with E-state index in [1.807, 2.05) is 6.08 Å². The zero-order chi connectivity index (χ0) is 29.4. The summed E-state index contributed by atoms with van der Waals surface area (Å²) < 4.78 is 10.7. The molecule has 0 fully saturated rings. The Labute approximate surface area is 240 Å². The molecule has 3 N–H and O–H groups in total. The van der Waals surface area contributed by atoms with Crippen LogP contribution in [0.1, 0.15) is 58.3 Å². The van der Waals surface area contributed by atoms with Crippen LogP contribution in [0, 0.1) is 0 Å². The van der Waals surface area contributed by atoms with Gasteiger partial charge < -0.3 is 25.2 Å². The van der Waals surface area contributed by atoms with Crippen molar-refractivity contribution in [3.63, 3.8) is 0 Å². The van der Waals surface area contributed by atoms with Gasteiger partial charge in [0.1, 0.15) is 0 Å². The molecular formula is C32H48N2O6. The average molecular weight is 557 g/mol. The van der Waals surface area contributed by atoms with E-state index in [4.69, 9.17) is 14.6 Å². The van der Waals surface area contributed by atoms with E-state index in [9.17, 15) is 14.4 Å². The van der Waals surface area contributed by atoms with Crippen molar-refractivity contribution in [2.24, 2.45) is 0 Å². The predicted molar refractivity (Wildman–Crippen MR) is 162 cm³/mol. The van der Waals surface area contributed by atoms with Crippen LogP contribution in [-0.4, -0.2) is 62.4 Å². The van der Waals surface area contributed by atoms with E-state index in [0.29, 0.717) is 45.8 Å².